The zero-order valence-corrected chi connectivity index (χ0v) is 19.2. The Balaban J connectivity index is 1.55. The molecular weight excluding hydrogens is 426 g/mol. The van der Waals surface area contributed by atoms with Crippen molar-refractivity contribution in [2.45, 2.75) is 50.6 Å². The van der Waals surface area contributed by atoms with Crippen LogP contribution in [0.15, 0.2) is 55.0 Å². The molecule has 2 aliphatic rings. The van der Waals surface area contributed by atoms with Crippen molar-refractivity contribution in [2.75, 3.05) is 13.1 Å². The molecule has 3 aromatic rings. The van der Waals surface area contributed by atoms with Gasteiger partial charge in [-0.25, -0.2) is 4.98 Å². The van der Waals surface area contributed by atoms with Gasteiger partial charge in [0.05, 0.1) is 23.0 Å². The van der Waals surface area contributed by atoms with E-state index in [1.807, 2.05) is 48.9 Å². The van der Waals surface area contributed by atoms with Crippen LogP contribution in [-0.2, 0) is 23.3 Å². The molecule has 1 spiro atoms. The van der Waals surface area contributed by atoms with E-state index in [9.17, 15) is 10.1 Å². The topological polar surface area (TPSA) is 92.0 Å². The fourth-order valence-corrected chi connectivity index (χ4v) is 5.11. The molecule has 0 saturated heterocycles. The Morgan fingerprint density at radius 1 is 1.09 bits per heavy atom. The number of nitrogens with one attached hydrogen (secondary N) is 2. The maximum atomic E-state index is 13.5. The lowest BCUT2D eigenvalue weighted by Crippen LogP contribution is -2.47. The molecule has 1 saturated carbocycles. The summed E-state index contributed by atoms with van der Waals surface area (Å²) in [5.74, 6) is 1.24. The number of fused-ring (bicyclic) bond motifs is 6. The highest BCUT2D eigenvalue weighted by Crippen LogP contribution is 2.41. The predicted octanol–water partition coefficient (Wildman–Crippen LogP) is 4.02. The van der Waals surface area contributed by atoms with Crippen LogP contribution in [0.5, 0.6) is 11.5 Å². The van der Waals surface area contributed by atoms with E-state index in [-0.39, 0.29) is 5.91 Å². The third kappa shape index (κ3) is 4.42. The largest absolute Gasteiger partial charge is 0.456 e. The minimum Gasteiger partial charge on any atom is -0.456 e. The van der Waals surface area contributed by atoms with Crippen LogP contribution < -0.4 is 15.4 Å². The number of ether oxygens (including phenoxy) is 1. The highest BCUT2D eigenvalue weighted by Gasteiger charge is 2.41. The Labute approximate surface area is 199 Å². The first-order valence-electron chi connectivity index (χ1n) is 12.0. The average molecular weight is 456 g/mol. The van der Waals surface area contributed by atoms with Gasteiger partial charge in [-0.15, -0.1) is 0 Å². The van der Waals surface area contributed by atoms with Gasteiger partial charge in [-0.05, 0) is 48.2 Å². The van der Waals surface area contributed by atoms with E-state index >= 15 is 0 Å². The maximum absolute atomic E-state index is 13.5. The molecule has 1 fully saturated rings. The van der Waals surface area contributed by atoms with Crippen molar-refractivity contribution in [2.24, 2.45) is 0 Å². The molecule has 7 heteroatoms. The van der Waals surface area contributed by atoms with Gasteiger partial charge in [0, 0.05) is 32.4 Å². The lowest BCUT2D eigenvalue weighted by molar-refractivity contribution is -0.128. The Hall–Kier alpha value is -3.63. The molecule has 0 unspecified atom stereocenters. The summed E-state index contributed by atoms with van der Waals surface area (Å²) in [7, 11) is 0. The van der Waals surface area contributed by atoms with Crippen molar-refractivity contribution < 1.29 is 9.53 Å². The van der Waals surface area contributed by atoms with Gasteiger partial charge in [-0.3, -0.25) is 4.79 Å². The van der Waals surface area contributed by atoms with E-state index in [0.717, 1.165) is 48.9 Å². The van der Waals surface area contributed by atoms with Gasteiger partial charge in [-0.1, -0.05) is 37.5 Å². The third-order valence-electron chi connectivity index (χ3n) is 6.97. The van der Waals surface area contributed by atoms with Gasteiger partial charge in [0.2, 0.25) is 5.91 Å². The molecule has 7 nitrogen and oxygen atoms in total. The number of aromatic nitrogens is 2. The number of rotatable bonds is 0. The number of nitrogens with zero attached hydrogens (tertiary/aromatic N) is 3. The molecule has 1 amide bonds. The van der Waals surface area contributed by atoms with Crippen molar-refractivity contribution in [1.29, 1.82) is 5.26 Å². The molecule has 1 aliphatic heterocycles. The Bertz CT molecular complexity index is 1220. The van der Waals surface area contributed by atoms with Gasteiger partial charge in [0.1, 0.15) is 17.6 Å². The number of carbonyl (C=O) groups is 1. The van der Waals surface area contributed by atoms with Crippen LogP contribution >= 0.6 is 0 Å². The second-order valence-electron chi connectivity index (χ2n) is 9.16. The van der Waals surface area contributed by atoms with Crippen LogP contribution in [0, 0.1) is 11.3 Å². The highest BCUT2D eigenvalue weighted by molar-refractivity contribution is 5.88. The Kier molecular flexibility index (Phi) is 6.33. The zero-order valence-electron chi connectivity index (χ0n) is 19.2. The van der Waals surface area contributed by atoms with Crippen molar-refractivity contribution in [3.05, 3.63) is 77.4 Å². The number of hydrogen-bond donors (Lipinski definition) is 2. The van der Waals surface area contributed by atoms with E-state index in [1.165, 1.54) is 0 Å². The van der Waals surface area contributed by atoms with E-state index < -0.39 is 5.41 Å². The molecule has 5 rings (SSSR count). The molecule has 174 valence electrons. The number of amides is 1. The number of imidazole rings is 1. The Morgan fingerprint density at radius 3 is 2.82 bits per heavy atom. The van der Waals surface area contributed by atoms with Crippen LogP contribution in [0.25, 0.3) is 0 Å². The summed E-state index contributed by atoms with van der Waals surface area (Å²) in [6.45, 7) is 2.52. The number of nitriles is 1. The Morgan fingerprint density at radius 2 is 1.97 bits per heavy atom. The van der Waals surface area contributed by atoms with Gasteiger partial charge in [-0.2, -0.15) is 5.26 Å². The molecule has 0 radical (unpaired) electrons. The van der Waals surface area contributed by atoms with Crippen LogP contribution in [0.4, 0.5) is 0 Å². The van der Waals surface area contributed by atoms with Crippen LogP contribution in [0.3, 0.4) is 0 Å². The third-order valence-corrected chi connectivity index (χ3v) is 6.97. The van der Waals surface area contributed by atoms with Crippen molar-refractivity contribution in [3.63, 3.8) is 0 Å². The van der Waals surface area contributed by atoms with Crippen molar-refractivity contribution in [3.8, 4) is 17.6 Å². The summed E-state index contributed by atoms with van der Waals surface area (Å²) in [6.07, 6.45) is 8.52. The van der Waals surface area contributed by atoms with Crippen LogP contribution in [0.1, 0.15) is 54.5 Å². The zero-order chi connectivity index (χ0) is 23.4. The maximum Gasteiger partial charge on any atom is 0.230 e. The van der Waals surface area contributed by atoms with E-state index in [4.69, 9.17) is 4.74 Å². The molecule has 2 aromatic carbocycles. The number of carbonyl (C=O) groups excluding carboxylic acids is 1. The molecule has 1 aromatic heterocycles. The lowest BCUT2D eigenvalue weighted by Gasteiger charge is -2.36. The molecule has 2 heterocycles. The van der Waals surface area contributed by atoms with Crippen molar-refractivity contribution >= 4 is 5.91 Å². The fourth-order valence-electron chi connectivity index (χ4n) is 5.11. The number of benzene rings is 2. The second-order valence-corrected chi connectivity index (χ2v) is 9.16. The van der Waals surface area contributed by atoms with E-state index in [2.05, 4.69) is 26.3 Å². The highest BCUT2D eigenvalue weighted by atomic mass is 16.5. The smallest absolute Gasteiger partial charge is 0.230 e. The summed E-state index contributed by atoms with van der Waals surface area (Å²) in [6, 6.07) is 15.7. The molecule has 2 N–H and O–H groups in total. The first kappa shape index (κ1) is 22.2. The lowest BCUT2D eigenvalue weighted by atomic mass is 9.68. The summed E-state index contributed by atoms with van der Waals surface area (Å²) >= 11 is 0. The second kappa shape index (κ2) is 9.70. The monoisotopic (exact) mass is 455 g/mol. The summed E-state index contributed by atoms with van der Waals surface area (Å²) < 4.78 is 8.33. The minimum atomic E-state index is -0.551. The fraction of sp³-hybridized carbons (Fsp3) is 0.370. The first-order chi connectivity index (χ1) is 16.7. The van der Waals surface area contributed by atoms with Gasteiger partial charge >= 0.3 is 0 Å². The first-order valence-corrected chi connectivity index (χ1v) is 12.0. The van der Waals surface area contributed by atoms with Crippen LogP contribution in [0.2, 0.25) is 0 Å². The van der Waals surface area contributed by atoms with Gasteiger partial charge in [0.25, 0.3) is 0 Å². The number of hydrogen-bond acceptors (Lipinski definition) is 5. The normalized spacial score (nSPS) is 18.1. The summed E-state index contributed by atoms with van der Waals surface area (Å²) in [4.78, 5) is 17.8. The predicted molar refractivity (Wildman–Crippen MR) is 128 cm³/mol. The molecule has 34 heavy (non-hydrogen) atoms. The SMILES string of the molecule is N#Cc1ccc2cc1Oc1cccc(c1)C1(CCCCC1)C(=O)NCCNCc1cncn1C2. The average Bonchev–Trinajstić information content (AvgIpc) is 3.30. The minimum absolute atomic E-state index is 0.0835. The molecular formula is C27H29N5O2. The quantitative estimate of drug-likeness (QED) is 0.534. The van der Waals surface area contributed by atoms with Crippen LogP contribution in [-0.4, -0.2) is 28.5 Å². The van der Waals surface area contributed by atoms with Gasteiger partial charge in [0.15, 0.2) is 0 Å². The van der Waals surface area contributed by atoms with E-state index in [0.29, 0.717) is 43.2 Å². The van der Waals surface area contributed by atoms with Gasteiger partial charge < -0.3 is 19.9 Å². The molecule has 0 atom stereocenters. The summed E-state index contributed by atoms with van der Waals surface area (Å²) in [5.41, 5.74) is 2.98. The molecule has 4 bridgehead atoms. The van der Waals surface area contributed by atoms with Crippen molar-refractivity contribution in [1.82, 2.24) is 20.2 Å². The standard InChI is InChI=1S/C27H29N5O2/c28-15-21-8-7-20-13-25(21)34-24-6-4-5-22(14-24)27(9-2-1-3-10-27)26(33)31-12-11-29-16-23-17-30-19-32(23)18-20/h4-8,13-14,17,19,29H,1-3,9-12,16,18H2,(H,31,33). The summed E-state index contributed by atoms with van der Waals surface area (Å²) in [5, 5.41) is 16.3. The van der Waals surface area contributed by atoms with E-state index in [1.54, 1.807) is 6.07 Å². The molecule has 1 aliphatic carbocycles.